The van der Waals surface area contributed by atoms with Crippen molar-refractivity contribution in [1.82, 2.24) is 0 Å². The Labute approximate surface area is 165 Å². The van der Waals surface area contributed by atoms with E-state index in [9.17, 15) is 0 Å². The molecule has 0 radical (unpaired) electrons. The van der Waals surface area contributed by atoms with E-state index in [0.717, 1.165) is 19.4 Å². The molecule has 2 aromatic carbocycles. The molecule has 1 aliphatic heterocycles. The zero-order valence-corrected chi connectivity index (χ0v) is 17.4. The molecule has 0 unspecified atom stereocenters. The summed E-state index contributed by atoms with van der Waals surface area (Å²) in [5.41, 5.74) is 0. The zero-order chi connectivity index (χ0) is 18.8. The van der Waals surface area contributed by atoms with Gasteiger partial charge in [0.2, 0.25) is 0 Å². The van der Waals surface area contributed by atoms with Crippen molar-refractivity contribution < 1.29 is 4.43 Å². The van der Waals surface area contributed by atoms with Crippen LogP contribution in [0.2, 0.25) is 0 Å². The molecule has 2 heteroatoms. The van der Waals surface area contributed by atoms with Gasteiger partial charge in [-0.2, -0.15) is 0 Å². The van der Waals surface area contributed by atoms with Gasteiger partial charge in [-0.1, -0.05) is 111 Å². The molecule has 0 saturated heterocycles. The first-order valence-corrected chi connectivity index (χ1v) is 12.4. The highest BCUT2D eigenvalue weighted by Gasteiger charge is 2.42. The maximum Gasteiger partial charge on any atom is 0.287 e. The molecule has 0 saturated carbocycles. The van der Waals surface area contributed by atoms with E-state index in [-0.39, 0.29) is 0 Å². The molecular formula is C25H32OSi. The number of allylic oxidation sites excluding steroid dienone is 3. The van der Waals surface area contributed by atoms with E-state index in [1.165, 1.54) is 54.1 Å². The van der Waals surface area contributed by atoms with E-state index in [0.29, 0.717) is 0 Å². The molecule has 0 N–H and O–H groups in total. The number of rotatable bonds is 3. The van der Waals surface area contributed by atoms with E-state index < -0.39 is 8.32 Å². The maximum atomic E-state index is 6.92. The Morgan fingerprint density at radius 1 is 0.704 bits per heavy atom. The Hall–Kier alpha value is -1.90. The maximum absolute atomic E-state index is 6.92. The Bertz CT molecular complexity index is 681. The van der Waals surface area contributed by atoms with Crippen LogP contribution in [-0.2, 0) is 4.43 Å². The van der Waals surface area contributed by atoms with Gasteiger partial charge < -0.3 is 4.43 Å². The molecule has 1 heterocycles. The van der Waals surface area contributed by atoms with Crippen molar-refractivity contribution in [1.29, 1.82) is 0 Å². The van der Waals surface area contributed by atoms with Crippen LogP contribution in [0, 0.1) is 0 Å². The Morgan fingerprint density at radius 2 is 1.22 bits per heavy atom. The minimum Gasteiger partial charge on any atom is -0.404 e. The smallest absolute Gasteiger partial charge is 0.287 e. The number of hydrogen-bond donors (Lipinski definition) is 0. The standard InChI is InChI=1S/C25H32OSi/c1-2-23-17-11-7-5-3-4-6-8-16-22-26-27(23,24-18-12-9-13-19-24)25-20-14-10-15-21-25/h2,9-10,12-15,17-21H,1,3-8,11,16,22H2/b23-17+. The molecule has 1 aliphatic rings. The van der Waals surface area contributed by atoms with Gasteiger partial charge in [0.25, 0.3) is 8.32 Å². The van der Waals surface area contributed by atoms with Gasteiger partial charge in [0, 0.05) is 6.61 Å². The summed E-state index contributed by atoms with van der Waals surface area (Å²) < 4.78 is 6.92. The largest absolute Gasteiger partial charge is 0.404 e. The van der Waals surface area contributed by atoms with Gasteiger partial charge in [-0.3, -0.25) is 0 Å². The van der Waals surface area contributed by atoms with Gasteiger partial charge in [-0.15, -0.1) is 0 Å². The molecule has 0 aromatic heterocycles. The second-order valence-corrected chi connectivity index (χ2v) is 10.8. The fourth-order valence-electron chi connectivity index (χ4n) is 4.08. The lowest BCUT2D eigenvalue weighted by Gasteiger charge is -2.34. The first-order chi connectivity index (χ1) is 13.4. The van der Waals surface area contributed by atoms with E-state index in [2.05, 4.69) is 79.4 Å². The molecule has 27 heavy (non-hydrogen) atoms. The average molecular weight is 377 g/mol. The topological polar surface area (TPSA) is 9.23 Å². The highest BCUT2D eigenvalue weighted by Crippen LogP contribution is 2.22. The third-order valence-corrected chi connectivity index (χ3v) is 9.67. The molecule has 0 spiro atoms. The highest BCUT2D eigenvalue weighted by atomic mass is 28.4. The summed E-state index contributed by atoms with van der Waals surface area (Å²) >= 11 is 0. The van der Waals surface area contributed by atoms with Crippen molar-refractivity contribution in [2.24, 2.45) is 0 Å². The molecule has 0 bridgehead atoms. The van der Waals surface area contributed by atoms with Crippen LogP contribution in [0.25, 0.3) is 0 Å². The van der Waals surface area contributed by atoms with Gasteiger partial charge >= 0.3 is 0 Å². The Balaban J connectivity index is 2.11. The molecule has 1 nitrogen and oxygen atoms in total. The van der Waals surface area contributed by atoms with Gasteiger partial charge in [-0.05, 0) is 34.8 Å². The Morgan fingerprint density at radius 3 is 1.78 bits per heavy atom. The fourth-order valence-corrected chi connectivity index (χ4v) is 8.07. The molecule has 0 fully saturated rings. The van der Waals surface area contributed by atoms with Crippen molar-refractivity contribution >= 4 is 18.7 Å². The number of hydrogen-bond acceptors (Lipinski definition) is 1. The Kier molecular flexibility index (Phi) is 7.67. The molecule has 0 amide bonds. The second-order valence-electron chi connectivity index (χ2n) is 7.39. The van der Waals surface area contributed by atoms with Crippen LogP contribution >= 0.6 is 0 Å². The van der Waals surface area contributed by atoms with Crippen LogP contribution < -0.4 is 10.4 Å². The van der Waals surface area contributed by atoms with Gasteiger partial charge in [0.05, 0.1) is 0 Å². The first kappa shape index (κ1) is 19.8. The summed E-state index contributed by atoms with van der Waals surface area (Å²) in [6.45, 7) is 5.02. The summed E-state index contributed by atoms with van der Waals surface area (Å²) in [5.74, 6) is 0. The van der Waals surface area contributed by atoms with Gasteiger partial charge in [0.15, 0.2) is 0 Å². The lowest BCUT2D eigenvalue weighted by Crippen LogP contribution is -2.62. The summed E-state index contributed by atoms with van der Waals surface area (Å²) in [6.07, 6.45) is 14.6. The lowest BCUT2D eigenvalue weighted by atomic mass is 10.1. The predicted molar refractivity (Wildman–Crippen MR) is 119 cm³/mol. The van der Waals surface area contributed by atoms with Crippen LogP contribution in [0.4, 0.5) is 0 Å². The average Bonchev–Trinajstić information content (AvgIpc) is 2.75. The zero-order valence-electron chi connectivity index (χ0n) is 16.4. The van der Waals surface area contributed by atoms with Crippen LogP contribution in [0.15, 0.2) is 84.6 Å². The van der Waals surface area contributed by atoms with E-state index in [1.54, 1.807) is 0 Å². The van der Waals surface area contributed by atoms with Crippen LogP contribution in [0.1, 0.15) is 51.4 Å². The molecule has 2 aromatic rings. The SMILES string of the molecule is C=C/C1=C\CCCCCCCCCO[Si]1(c1ccccc1)c1ccccc1. The molecule has 0 atom stereocenters. The van der Waals surface area contributed by atoms with Crippen molar-refractivity contribution in [2.75, 3.05) is 6.61 Å². The van der Waals surface area contributed by atoms with Crippen molar-refractivity contribution in [2.45, 2.75) is 51.4 Å². The van der Waals surface area contributed by atoms with Crippen LogP contribution in [0.5, 0.6) is 0 Å². The van der Waals surface area contributed by atoms with Gasteiger partial charge in [0.1, 0.15) is 0 Å². The van der Waals surface area contributed by atoms with E-state index in [4.69, 9.17) is 4.43 Å². The van der Waals surface area contributed by atoms with Crippen LogP contribution in [-0.4, -0.2) is 14.9 Å². The second kappa shape index (κ2) is 10.4. The van der Waals surface area contributed by atoms with Crippen molar-refractivity contribution in [3.8, 4) is 0 Å². The van der Waals surface area contributed by atoms with E-state index in [1.807, 2.05) is 0 Å². The monoisotopic (exact) mass is 376 g/mol. The molecule has 142 valence electrons. The molecule has 0 aliphatic carbocycles. The van der Waals surface area contributed by atoms with E-state index >= 15 is 0 Å². The van der Waals surface area contributed by atoms with Crippen LogP contribution in [0.3, 0.4) is 0 Å². The molecule has 3 rings (SSSR count). The normalized spacial score (nSPS) is 21.0. The number of benzene rings is 2. The van der Waals surface area contributed by atoms with Crippen molar-refractivity contribution in [3.05, 3.63) is 84.6 Å². The van der Waals surface area contributed by atoms with Gasteiger partial charge in [-0.25, -0.2) is 0 Å². The summed E-state index contributed by atoms with van der Waals surface area (Å²) in [4.78, 5) is 0. The fraction of sp³-hybridized carbons (Fsp3) is 0.360. The highest BCUT2D eigenvalue weighted by molar-refractivity contribution is 7.03. The minimum absolute atomic E-state index is 0.821. The summed E-state index contributed by atoms with van der Waals surface area (Å²) in [6, 6.07) is 21.7. The summed E-state index contributed by atoms with van der Waals surface area (Å²) in [5, 5.41) is 3.94. The third kappa shape index (κ3) is 4.88. The first-order valence-electron chi connectivity index (χ1n) is 10.5. The molecular weight excluding hydrogens is 344 g/mol. The summed E-state index contributed by atoms with van der Waals surface area (Å²) in [7, 11) is -2.51. The predicted octanol–water partition coefficient (Wildman–Crippen LogP) is 5.55. The lowest BCUT2D eigenvalue weighted by molar-refractivity contribution is 0.307. The third-order valence-electron chi connectivity index (χ3n) is 5.52. The van der Waals surface area contributed by atoms with Crippen molar-refractivity contribution in [3.63, 3.8) is 0 Å². The minimum atomic E-state index is -2.51. The quantitative estimate of drug-likeness (QED) is 0.638.